The summed E-state index contributed by atoms with van der Waals surface area (Å²) in [4.78, 5) is 9.10. The van der Waals surface area contributed by atoms with Gasteiger partial charge in [0, 0.05) is 5.56 Å². The number of nitrogen functional groups attached to an aromatic ring is 1. The van der Waals surface area contributed by atoms with Crippen LogP contribution in [0.25, 0.3) is 11.4 Å². The van der Waals surface area contributed by atoms with Gasteiger partial charge in [-0.25, -0.2) is 9.97 Å². The minimum atomic E-state index is 0.521. The van der Waals surface area contributed by atoms with E-state index in [-0.39, 0.29) is 0 Å². The molecule has 0 radical (unpaired) electrons. The molecule has 98 valence electrons. The summed E-state index contributed by atoms with van der Waals surface area (Å²) in [5.41, 5.74) is 9.42. The van der Waals surface area contributed by atoms with Crippen LogP contribution in [-0.2, 0) is 6.42 Å². The van der Waals surface area contributed by atoms with E-state index >= 15 is 0 Å². The fraction of sp³-hybridized carbons (Fsp3) is 0.333. The van der Waals surface area contributed by atoms with Gasteiger partial charge in [-0.3, -0.25) is 0 Å². The summed E-state index contributed by atoms with van der Waals surface area (Å²) in [5, 5.41) is 0. The number of hydrogen-bond donors (Lipinski definition) is 1. The molecule has 3 nitrogen and oxygen atoms in total. The monoisotopic (exact) mass is 317 g/mol. The van der Waals surface area contributed by atoms with Crippen LogP contribution in [0.1, 0.15) is 36.9 Å². The largest absolute Gasteiger partial charge is 0.383 e. The number of halogens is 1. The van der Waals surface area contributed by atoms with Crippen molar-refractivity contribution in [2.75, 3.05) is 5.73 Å². The molecule has 0 spiro atoms. The molecule has 4 heteroatoms. The van der Waals surface area contributed by atoms with Crippen LogP contribution in [0.4, 0.5) is 5.82 Å². The van der Waals surface area contributed by atoms with Crippen LogP contribution in [0.2, 0.25) is 0 Å². The molecule has 19 heavy (non-hydrogen) atoms. The number of hydrogen-bond acceptors (Lipinski definition) is 3. The summed E-state index contributed by atoms with van der Waals surface area (Å²) in [6.07, 6.45) is 3.37. The van der Waals surface area contributed by atoms with Crippen LogP contribution in [0.15, 0.2) is 28.7 Å². The standard InChI is InChI=1S/C15H16BrN3/c1-2-12-13(16)14(17)19-15(18-12)11-6-4-3-5-10(11)9-7-8-9/h3-6,9H,2,7-8H2,1H3,(H2,17,18,19). The Balaban J connectivity index is 2.14. The first kappa shape index (κ1) is 12.6. The predicted molar refractivity (Wildman–Crippen MR) is 80.9 cm³/mol. The van der Waals surface area contributed by atoms with E-state index < -0.39 is 0 Å². The Morgan fingerprint density at radius 2 is 2.00 bits per heavy atom. The van der Waals surface area contributed by atoms with Gasteiger partial charge in [0.1, 0.15) is 5.82 Å². The van der Waals surface area contributed by atoms with Gasteiger partial charge in [0.15, 0.2) is 5.82 Å². The van der Waals surface area contributed by atoms with E-state index in [1.54, 1.807) is 0 Å². The van der Waals surface area contributed by atoms with E-state index in [9.17, 15) is 0 Å². The maximum absolute atomic E-state index is 5.98. The van der Waals surface area contributed by atoms with Crippen LogP contribution in [0.5, 0.6) is 0 Å². The van der Waals surface area contributed by atoms with Crippen LogP contribution >= 0.6 is 15.9 Å². The van der Waals surface area contributed by atoms with Crippen LogP contribution in [0, 0.1) is 0 Å². The lowest BCUT2D eigenvalue weighted by Crippen LogP contribution is -2.03. The molecule has 0 atom stereocenters. The second kappa shape index (κ2) is 4.93. The Labute approximate surface area is 121 Å². The molecular formula is C15H16BrN3. The average molecular weight is 318 g/mol. The van der Waals surface area contributed by atoms with E-state index in [0.717, 1.165) is 28.0 Å². The summed E-state index contributed by atoms with van der Waals surface area (Å²) in [6.45, 7) is 2.07. The van der Waals surface area contributed by atoms with Crippen molar-refractivity contribution in [1.29, 1.82) is 0 Å². The second-order valence-electron chi connectivity index (χ2n) is 4.91. The molecule has 2 aromatic rings. The fourth-order valence-electron chi connectivity index (χ4n) is 2.32. The van der Waals surface area contributed by atoms with Crippen molar-refractivity contribution < 1.29 is 0 Å². The molecule has 1 aromatic carbocycles. The predicted octanol–water partition coefficient (Wildman–Crippen LogP) is 3.93. The minimum Gasteiger partial charge on any atom is -0.383 e. The molecule has 1 saturated carbocycles. The second-order valence-corrected chi connectivity index (χ2v) is 5.70. The Kier molecular flexibility index (Phi) is 3.27. The van der Waals surface area contributed by atoms with Crippen molar-refractivity contribution in [3.05, 3.63) is 40.0 Å². The van der Waals surface area contributed by atoms with Crippen LogP contribution < -0.4 is 5.73 Å². The third-order valence-corrected chi connectivity index (χ3v) is 4.36. The van der Waals surface area contributed by atoms with Crippen LogP contribution in [0.3, 0.4) is 0 Å². The van der Waals surface area contributed by atoms with E-state index in [1.807, 2.05) is 6.07 Å². The Hall–Kier alpha value is -1.42. The molecule has 2 N–H and O–H groups in total. The van der Waals surface area contributed by atoms with Gasteiger partial charge in [0.05, 0.1) is 10.2 Å². The summed E-state index contributed by atoms with van der Waals surface area (Å²) >= 11 is 3.46. The van der Waals surface area contributed by atoms with Crippen molar-refractivity contribution >= 4 is 21.7 Å². The van der Waals surface area contributed by atoms with Gasteiger partial charge in [0.25, 0.3) is 0 Å². The number of nitrogens with two attached hydrogens (primary N) is 1. The van der Waals surface area contributed by atoms with Gasteiger partial charge in [0.2, 0.25) is 0 Å². The highest BCUT2D eigenvalue weighted by molar-refractivity contribution is 9.10. The van der Waals surface area contributed by atoms with Gasteiger partial charge in [-0.15, -0.1) is 0 Å². The highest BCUT2D eigenvalue weighted by Gasteiger charge is 2.27. The molecule has 1 aliphatic carbocycles. The first-order valence-electron chi connectivity index (χ1n) is 6.62. The molecule has 1 aromatic heterocycles. The Morgan fingerprint density at radius 1 is 1.26 bits per heavy atom. The van der Waals surface area contributed by atoms with E-state index in [4.69, 9.17) is 5.73 Å². The summed E-state index contributed by atoms with van der Waals surface area (Å²) in [5.74, 6) is 1.95. The van der Waals surface area contributed by atoms with E-state index in [0.29, 0.717) is 11.7 Å². The molecule has 0 amide bonds. The Morgan fingerprint density at radius 3 is 2.68 bits per heavy atom. The van der Waals surface area contributed by atoms with Crippen molar-refractivity contribution in [2.45, 2.75) is 32.1 Å². The summed E-state index contributed by atoms with van der Waals surface area (Å²) in [7, 11) is 0. The van der Waals surface area contributed by atoms with Gasteiger partial charge < -0.3 is 5.73 Å². The fourth-order valence-corrected chi connectivity index (χ4v) is 2.78. The van der Waals surface area contributed by atoms with E-state index in [2.05, 4.69) is 51.0 Å². The normalized spacial score (nSPS) is 14.6. The average Bonchev–Trinajstić information content (AvgIpc) is 3.26. The maximum Gasteiger partial charge on any atom is 0.162 e. The van der Waals surface area contributed by atoms with Gasteiger partial charge >= 0.3 is 0 Å². The van der Waals surface area contributed by atoms with Crippen molar-refractivity contribution in [2.24, 2.45) is 0 Å². The van der Waals surface area contributed by atoms with Crippen molar-refractivity contribution in [3.63, 3.8) is 0 Å². The molecule has 3 rings (SSSR count). The smallest absolute Gasteiger partial charge is 0.162 e. The third-order valence-electron chi connectivity index (χ3n) is 3.50. The number of benzene rings is 1. The molecule has 1 heterocycles. The molecule has 0 unspecified atom stereocenters. The molecular weight excluding hydrogens is 302 g/mol. The third kappa shape index (κ3) is 2.37. The number of rotatable bonds is 3. The van der Waals surface area contributed by atoms with Gasteiger partial charge in [-0.05, 0) is 46.7 Å². The topological polar surface area (TPSA) is 51.8 Å². The lowest BCUT2D eigenvalue weighted by molar-refractivity contribution is 0.990. The highest BCUT2D eigenvalue weighted by atomic mass is 79.9. The molecule has 0 bridgehead atoms. The minimum absolute atomic E-state index is 0.521. The molecule has 1 aliphatic rings. The number of aromatic nitrogens is 2. The van der Waals surface area contributed by atoms with Crippen molar-refractivity contribution in [1.82, 2.24) is 9.97 Å². The zero-order valence-corrected chi connectivity index (χ0v) is 12.4. The molecule has 0 saturated heterocycles. The first-order valence-corrected chi connectivity index (χ1v) is 7.41. The van der Waals surface area contributed by atoms with Gasteiger partial charge in [-0.2, -0.15) is 0 Å². The lowest BCUT2D eigenvalue weighted by Gasteiger charge is -2.11. The summed E-state index contributed by atoms with van der Waals surface area (Å²) < 4.78 is 0.822. The number of anilines is 1. The first-order chi connectivity index (χ1) is 9.20. The zero-order chi connectivity index (χ0) is 13.4. The van der Waals surface area contributed by atoms with Crippen LogP contribution in [-0.4, -0.2) is 9.97 Å². The maximum atomic E-state index is 5.98. The SMILES string of the molecule is CCc1nc(-c2ccccc2C2CC2)nc(N)c1Br. The number of nitrogens with zero attached hydrogens (tertiary/aromatic N) is 2. The highest BCUT2D eigenvalue weighted by Crippen LogP contribution is 2.44. The number of aryl methyl sites for hydroxylation is 1. The molecule has 0 aliphatic heterocycles. The zero-order valence-electron chi connectivity index (χ0n) is 10.9. The molecule has 1 fully saturated rings. The lowest BCUT2D eigenvalue weighted by atomic mass is 10.0. The Bertz CT molecular complexity index is 621. The van der Waals surface area contributed by atoms with Gasteiger partial charge in [-0.1, -0.05) is 31.2 Å². The van der Waals surface area contributed by atoms with E-state index in [1.165, 1.54) is 18.4 Å². The quantitative estimate of drug-likeness (QED) is 0.933. The summed E-state index contributed by atoms with van der Waals surface area (Å²) in [6, 6.07) is 8.39. The van der Waals surface area contributed by atoms with Crippen molar-refractivity contribution in [3.8, 4) is 11.4 Å².